The zero-order chi connectivity index (χ0) is 18.0. The Balaban J connectivity index is 1.67. The number of ether oxygens (including phenoxy) is 1. The molecule has 0 saturated carbocycles. The zero-order valence-electron chi connectivity index (χ0n) is 15.2. The predicted octanol–water partition coefficient (Wildman–Crippen LogP) is 3.16. The molecule has 1 aromatic heterocycles. The van der Waals surface area contributed by atoms with E-state index in [4.69, 9.17) is 9.26 Å². The van der Waals surface area contributed by atoms with Gasteiger partial charge in [0.15, 0.2) is 0 Å². The fourth-order valence-electron chi connectivity index (χ4n) is 3.09. The van der Waals surface area contributed by atoms with E-state index < -0.39 is 0 Å². The van der Waals surface area contributed by atoms with Gasteiger partial charge < -0.3 is 19.1 Å². The molecule has 134 valence electrons. The molecule has 0 radical (unpaired) electrons. The second kappa shape index (κ2) is 7.17. The normalized spacial score (nSPS) is 17.9. The monoisotopic (exact) mass is 343 g/mol. The highest BCUT2D eigenvalue weighted by atomic mass is 16.5. The number of anilines is 1. The number of rotatable bonds is 4. The van der Waals surface area contributed by atoms with E-state index in [0.717, 1.165) is 30.2 Å². The molecular formula is C19H25N3O3. The van der Waals surface area contributed by atoms with Crippen molar-refractivity contribution in [3.8, 4) is 5.75 Å². The maximum Gasteiger partial charge on any atom is 0.292 e. The number of amides is 1. The fourth-order valence-corrected chi connectivity index (χ4v) is 3.09. The third-order valence-electron chi connectivity index (χ3n) is 4.66. The molecule has 1 aromatic carbocycles. The summed E-state index contributed by atoms with van der Waals surface area (Å²) in [4.78, 5) is 16.9. The fraction of sp³-hybridized carbons (Fsp3) is 0.474. The van der Waals surface area contributed by atoms with E-state index in [1.165, 1.54) is 0 Å². The van der Waals surface area contributed by atoms with Gasteiger partial charge in [0.1, 0.15) is 5.75 Å². The molecule has 0 bridgehead atoms. The Morgan fingerprint density at radius 1 is 1.28 bits per heavy atom. The first-order valence-electron chi connectivity index (χ1n) is 8.66. The first-order chi connectivity index (χ1) is 12.0. The number of aromatic nitrogens is 1. The minimum absolute atomic E-state index is 0.0821. The number of hydrogen-bond donors (Lipinski definition) is 0. The number of methoxy groups -OCH3 is 1. The smallest absolute Gasteiger partial charge is 0.292 e. The number of carbonyl (C=O) groups is 1. The molecule has 0 spiro atoms. The molecule has 2 heterocycles. The van der Waals surface area contributed by atoms with Gasteiger partial charge in [0.2, 0.25) is 5.76 Å². The molecule has 1 fully saturated rings. The van der Waals surface area contributed by atoms with Crippen LogP contribution in [-0.2, 0) is 0 Å². The molecule has 1 aliphatic rings. The summed E-state index contributed by atoms with van der Waals surface area (Å²) >= 11 is 0. The predicted molar refractivity (Wildman–Crippen MR) is 96.3 cm³/mol. The number of hydrogen-bond acceptors (Lipinski definition) is 5. The Kier molecular flexibility index (Phi) is 4.97. The Hall–Kier alpha value is -2.50. The van der Waals surface area contributed by atoms with Gasteiger partial charge in [-0.25, -0.2) is 0 Å². The van der Waals surface area contributed by atoms with E-state index in [-0.39, 0.29) is 17.9 Å². The Bertz CT molecular complexity index is 724. The van der Waals surface area contributed by atoms with E-state index in [0.29, 0.717) is 12.3 Å². The van der Waals surface area contributed by atoms with Crippen molar-refractivity contribution < 1.29 is 14.1 Å². The van der Waals surface area contributed by atoms with Crippen LogP contribution in [0.5, 0.6) is 5.75 Å². The molecule has 6 heteroatoms. The van der Waals surface area contributed by atoms with Gasteiger partial charge >= 0.3 is 0 Å². The van der Waals surface area contributed by atoms with Crippen molar-refractivity contribution in [3.63, 3.8) is 0 Å². The Labute approximate surface area is 148 Å². The lowest BCUT2D eigenvalue weighted by Crippen LogP contribution is -2.54. The van der Waals surface area contributed by atoms with E-state index in [1.54, 1.807) is 13.2 Å². The molecule has 6 nitrogen and oxygen atoms in total. The second-order valence-corrected chi connectivity index (χ2v) is 6.76. The molecule has 1 saturated heterocycles. The molecule has 2 aromatic rings. The highest BCUT2D eigenvalue weighted by Gasteiger charge is 2.30. The molecule has 25 heavy (non-hydrogen) atoms. The van der Waals surface area contributed by atoms with Crippen molar-refractivity contribution in [2.45, 2.75) is 32.7 Å². The number of benzene rings is 1. The summed E-state index contributed by atoms with van der Waals surface area (Å²) in [5.41, 5.74) is 1.95. The van der Waals surface area contributed by atoms with Crippen LogP contribution in [0.1, 0.15) is 42.9 Å². The molecule has 0 unspecified atom stereocenters. The minimum Gasteiger partial charge on any atom is -0.497 e. The number of nitrogens with zero attached hydrogens (tertiary/aromatic N) is 3. The highest BCUT2D eigenvalue weighted by molar-refractivity contribution is 5.92. The summed E-state index contributed by atoms with van der Waals surface area (Å²) in [5.74, 6) is 1.33. The van der Waals surface area contributed by atoms with Crippen molar-refractivity contribution in [3.05, 3.63) is 41.8 Å². The molecule has 3 rings (SSSR count). The summed E-state index contributed by atoms with van der Waals surface area (Å²) in [6.07, 6.45) is 0. The van der Waals surface area contributed by atoms with Crippen molar-refractivity contribution in [1.29, 1.82) is 0 Å². The summed E-state index contributed by atoms with van der Waals surface area (Å²) in [6.45, 7) is 8.35. The summed E-state index contributed by atoms with van der Waals surface area (Å²) in [7, 11) is 1.66. The van der Waals surface area contributed by atoms with Crippen LogP contribution in [0.3, 0.4) is 0 Å². The lowest BCUT2D eigenvalue weighted by atomic mass is 10.1. The molecular weight excluding hydrogens is 318 g/mol. The zero-order valence-corrected chi connectivity index (χ0v) is 15.2. The largest absolute Gasteiger partial charge is 0.497 e. The van der Waals surface area contributed by atoms with Gasteiger partial charge in [0.25, 0.3) is 5.91 Å². The highest BCUT2D eigenvalue weighted by Crippen LogP contribution is 2.23. The van der Waals surface area contributed by atoms with Crippen LogP contribution in [0.4, 0.5) is 5.69 Å². The van der Waals surface area contributed by atoms with Crippen LogP contribution in [0.25, 0.3) is 0 Å². The van der Waals surface area contributed by atoms with Crippen LogP contribution in [-0.4, -0.2) is 48.7 Å². The van der Waals surface area contributed by atoms with Gasteiger partial charge in [-0.2, -0.15) is 0 Å². The molecule has 0 N–H and O–H groups in total. The van der Waals surface area contributed by atoms with E-state index >= 15 is 0 Å². The van der Waals surface area contributed by atoms with Crippen LogP contribution >= 0.6 is 0 Å². The van der Waals surface area contributed by atoms with Crippen molar-refractivity contribution in [2.24, 2.45) is 0 Å². The third-order valence-corrected chi connectivity index (χ3v) is 4.66. The van der Waals surface area contributed by atoms with Gasteiger partial charge in [0, 0.05) is 37.4 Å². The third kappa shape index (κ3) is 3.62. The Morgan fingerprint density at radius 3 is 2.56 bits per heavy atom. The van der Waals surface area contributed by atoms with Crippen molar-refractivity contribution in [1.82, 2.24) is 10.1 Å². The van der Waals surface area contributed by atoms with E-state index in [1.807, 2.05) is 43.0 Å². The first-order valence-corrected chi connectivity index (χ1v) is 8.66. The van der Waals surface area contributed by atoms with Crippen LogP contribution in [0.15, 0.2) is 34.9 Å². The van der Waals surface area contributed by atoms with Gasteiger partial charge in [0.05, 0.1) is 12.8 Å². The summed E-state index contributed by atoms with van der Waals surface area (Å²) in [5, 5.41) is 3.99. The average molecular weight is 343 g/mol. The molecule has 1 aliphatic heterocycles. The van der Waals surface area contributed by atoms with Crippen LogP contribution in [0.2, 0.25) is 0 Å². The van der Waals surface area contributed by atoms with Gasteiger partial charge in [-0.3, -0.25) is 4.79 Å². The molecule has 1 amide bonds. The quantitative estimate of drug-likeness (QED) is 0.853. The van der Waals surface area contributed by atoms with Gasteiger partial charge in [-0.05, 0) is 37.1 Å². The maximum absolute atomic E-state index is 12.7. The second-order valence-electron chi connectivity index (χ2n) is 6.76. The van der Waals surface area contributed by atoms with Crippen molar-refractivity contribution >= 4 is 11.6 Å². The van der Waals surface area contributed by atoms with Crippen LogP contribution in [0, 0.1) is 0 Å². The summed E-state index contributed by atoms with van der Waals surface area (Å²) in [6, 6.07) is 9.87. The maximum atomic E-state index is 12.7. The molecule has 0 aliphatic carbocycles. The van der Waals surface area contributed by atoms with E-state index in [2.05, 4.69) is 17.0 Å². The van der Waals surface area contributed by atoms with Gasteiger partial charge in [-0.1, -0.05) is 19.0 Å². The molecule has 1 atom stereocenters. The standard InChI is InChI=1S/C19H25N3O3/c1-13(2)17-11-18(25-20-17)19(23)22-10-9-21(12-14(22)3)15-5-7-16(24-4)8-6-15/h5-8,11,13-14H,9-10,12H2,1-4H3/t14-/m1/s1. The van der Waals surface area contributed by atoms with Crippen LogP contribution < -0.4 is 9.64 Å². The van der Waals surface area contributed by atoms with Crippen molar-refractivity contribution in [2.75, 3.05) is 31.6 Å². The summed E-state index contributed by atoms with van der Waals surface area (Å²) < 4.78 is 10.5. The number of piperazine rings is 1. The topological polar surface area (TPSA) is 58.8 Å². The minimum atomic E-state index is -0.0821. The average Bonchev–Trinajstić information content (AvgIpc) is 3.11. The van der Waals surface area contributed by atoms with Gasteiger partial charge in [-0.15, -0.1) is 0 Å². The Morgan fingerprint density at radius 2 is 2.00 bits per heavy atom. The number of carbonyl (C=O) groups excluding carboxylic acids is 1. The lowest BCUT2D eigenvalue weighted by Gasteiger charge is -2.40. The first kappa shape index (κ1) is 17.3. The van der Waals surface area contributed by atoms with E-state index in [9.17, 15) is 4.79 Å². The lowest BCUT2D eigenvalue weighted by molar-refractivity contribution is 0.0631. The SMILES string of the molecule is COc1ccc(N2CCN(C(=O)c3cc(C(C)C)no3)[C@H](C)C2)cc1.